The highest BCUT2D eigenvalue weighted by Crippen LogP contribution is 2.22. The lowest BCUT2D eigenvalue weighted by molar-refractivity contribution is -0.121. The topological polar surface area (TPSA) is 110 Å². The summed E-state index contributed by atoms with van der Waals surface area (Å²) in [5.74, 6) is -1.25. The number of hydrogen-bond donors (Lipinski definition) is 2. The van der Waals surface area contributed by atoms with Crippen molar-refractivity contribution in [2.75, 3.05) is 7.05 Å². The molecule has 0 aromatic carbocycles. The van der Waals surface area contributed by atoms with E-state index in [1.807, 2.05) is 0 Å². The molecule has 0 fully saturated rings. The number of nitrogens with one attached hydrogen (secondary N) is 1. The van der Waals surface area contributed by atoms with Crippen LogP contribution >= 0.6 is 0 Å². The first-order valence-corrected chi connectivity index (χ1v) is 5.04. The van der Waals surface area contributed by atoms with E-state index in [0.29, 0.717) is 5.76 Å². The van der Waals surface area contributed by atoms with Gasteiger partial charge in [0.2, 0.25) is 11.6 Å². The van der Waals surface area contributed by atoms with Crippen LogP contribution < -0.4 is 5.32 Å². The van der Waals surface area contributed by atoms with Crippen LogP contribution in [0.25, 0.3) is 11.5 Å². The van der Waals surface area contributed by atoms with Crippen LogP contribution in [0.5, 0.6) is 0 Å². The fourth-order valence-electron chi connectivity index (χ4n) is 1.44. The maximum absolute atomic E-state index is 11.3. The molecule has 0 aliphatic rings. The van der Waals surface area contributed by atoms with E-state index in [4.69, 9.17) is 9.52 Å². The summed E-state index contributed by atoms with van der Waals surface area (Å²) < 4.78 is 6.31. The summed E-state index contributed by atoms with van der Waals surface area (Å²) in [6, 6.07) is 3.18. The first-order valence-electron chi connectivity index (χ1n) is 5.04. The SMILES string of the molecule is CNC(=O)Cn1nnc(C(=O)O)c1-c1ccco1. The molecule has 0 saturated carbocycles. The minimum absolute atomic E-state index is 0.132. The molecule has 0 radical (unpaired) electrons. The molecule has 2 aromatic rings. The zero-order valence-corrected chi connectivity index (χ0v) is 9.45. The van der Waals surface area contributed by atoms with Crippen molar-refractivity contribution < 1.29 is 19.1 Å². The average Bonchev–Trinajstić information content (AvgIpc) is 2.96. The molecule has 0 unspecified atom stereocenters. The number of carbonyl (C=O) groups is 2. The smallest absolute Gasteiger partial charge is 0.358 e. The molecule has 18 heavy (non-hydrogen) atoms. The second-order valence-corrected chi connectivity index (χ2v) is 3.40. The minimum Gasteiger partial charge on any atom is -0.476 e. The number of carboxylic acid groups (broad SMARTS) is 1. The van der Waals surface area contributed by atoms with E-state index in [0.717, 1.165) is 0 Å². The molecule has 0 saturated heterocycles. The van der Waals surface area contributed by atoms with Crippen molar-refractivity contribution >= 4 is 11.9 Å². The van der Waals surface area contributed by atoms with Crippen molar-refractivity contribution in [3.05, 3.63) is 24.1 Å². The summed E-state index contributed by atoms with van der Waals surface area (Å²) in [4.78, 5) is 22.3. The third-order valence-electron chi connectivity index (χ3n) is 2.26. The molecule has 2 aromatic heterocycles. The van der Waals surface area contributed by atoms with Gasteiger partial charge in [-0.1, -0.05) is 5.21 Å². The molecule has 8 heteroatoms. The summed E-state index contributed by atoms with van der Waals surface area (Å²) in [6.45, 7) is -0.132. The van der Waals surface area contributed by atoms with E-state index in [-0.39, 0.29) is 23.8 Å². The molecule has 8 nitrogen and oxygen atoms in total. The number of aromatic nitrogens is 3. The van der Waals surface area contributed by atoms with Gasteiger partial charge < -0.3 is 14.8 Å². The predicted octanol–water partition coefficient (Wildman–Crippen LogP) is -0.0177. The largest absolute Gasteiger partial charge is 0.476 e. The molecule has 2 heterocycles. The summed E-state index contributed by atoms with van der Waals surface area (Å²) in [5, 5.41) is 18.6. The Kier molecular flexibility index (Phi) is 3.09. The molecule has 1 amide bonds. The monoisotopic (exact) mass is 250 g/mol. The van der Waals surface area contributed by atoms with Gasteiger partial charge in [0.1, 0.15) is 12.2 Å². The number of nitrogens with zero attached hydrogens (tertiary/aromatic N) is 3. The molecule has 2 rings (SSSR count). The number of furan rings is 1. The molecular weight excluding hydrogens is 240 g/mol. The Morgan fingerprint density at radius 2 is 2.33 bits per heavy atom. The summed E-state index contributed by atoms with van der Waals surface area (Å²) in [7, 11) is 1.48. The third kappa shape index (κ3) is 2.08. The third-order valence-corrected chi connectivity index (χ3v) is 2.26. The van der Waals surface area contributed by atoms with E-state index in [1.165, 1.54) is 18.0 Å². The number of carbonyl (C=O) groups excluding carboxylic acids is 1. The van der Waals surface area contributed by atoms with E-state index in [1.54, 1.807) is 12.1 Å². The Hall–Kier alpha value is -2.64. The summed E-state index contributed by atoms with van der Waals surface area (Å²) >= 11 is 0. The van der Waals surface area contributed by atoms with Gasteiger partial charge in [-0.3, -0.25) is 4.79 Å². The van der Waals surface area contributed by atoms with Crippen molar-refractivity contribution in [2.45, 2.75) is 6.54 Å². The van der Waals surface area contributed by atoms with Crippen LogP contribution in [0.15, 0.2) is 22.8 Å². The fraction of sp³-hybridized carbons (Fsp3) is 0.200. The normalized spacial score (nSPS) is 10.3. The number of amides is 1. The number of rotatable bonds is 4. The number of hydrogen-bond acceptors (Lipinski definition) is 5. The van der Waals surface area contributed by atoms with Crippen LogP contribution in [-0.4, -0.2) is 39.0 Å². The van der Waals surface area contributed by atoms with Crippen LogP contribution in [0.1, 0.15) is 10.5 Å². The lowest BCUT2D eigenvalue weighted by Gasteiger charge is -2.03. The van der Waals surface area contributed by atoms with Crippen LogP contribution in [0.4, 0.5) is 0 Å². The number of aromatic carboxylic acids is 1. The Bertz CT molecular complexity index is 573. The maximum atomic E-state index is 11.3. The van der Waals surface area contributed by atoms with Gasteiger partial charge in [-0.25, -0.2) is 9.48 Å². The van der Waals surface area contributed by atoms with Crippen molar-refractivity contribution in [3.63, 3.8) is 0 Å². The Labute approximate surface area is 101 Å². The quantitative estimate of drug-likeness (QED) is 0.789. The Morgan fingerprint density at radius 3 is 2.89 bits per heavy atom. The second-order valence-electron chi connectivity index (χ2n) is 3.40. The van der Waals surface area contributed by atoms with Crippen molar-refractivity contribution in [1.82, 2.24) is 20.3 Å². The molecule has 0 spiro atoms. The fourth-order valence-corrected chi connectivity index (χ4v) is 1.44. The van der Waals surface area contributed by atoms with Gasteiger partial charge in [0, 0.05) is 7.05 Å². The first-order chi connectivity index (χ1) is 8.63. The number of carboxylic acids is 1. The number of likely N-dealkylation sites (N-methyl/N-ethyl adjacent to an activating group) is 1. The first kappa shape index (κ1) is 11.8. The zero-order valence-electron chi connectivity index (χ0n) is 9.45. The Morgan fingerprint density at radius 1 is 1.56 bits per heavy atom. The molecule has 0 aliphatic heterocycles. The van der Waals surface area contributed by atoms with Crippen LogP contribution in [0.2, 0.25) is 0 Å². The van der Waals surface area contributed by atoms with Gasteiger partial charge in [-0.05, 0) is 12.1 Å². The molecule has 0 aliphatic carbocycles. The highest BCUT2D eigenvalue weighted by Gasteiger charge is 2.23. The zero-order chi connectivity index (χ0) is 13.1. The van der Waals surface area contributed by atoms with E-state index < -0.39 is 5.97 Å². The average molecular weight is 250 g/mol. The van der Waals surface area contributed by atoms with Crippen molar-refractivity contribution in [1.29, 1.82) is 0 Å². The molecule has 0 atom stereocenters. The molecular formula is C10H10N4O4. The highest BCUT2D eigenvalue weighted by molar-refractivity contribution is 5.92. The predicted molar refractivity (Wildman–Crippen MR) is 58.8 cm³/mol. The minimum atomic E-state index is -1.23. The highest BCUT2D eigenvalue weighted by atomic mass is 16.4. The van der Waals surface area contributed by atoms with Crippen LogP contribution in [-0.2, 0) is 11.3 Å². The van der Waals surface area contributed by atoms with Gasteiger partial charge in [-0.15, -0.1) is 5.10 Å². The maximum Gasteiger partial charge on any atom is 0.358 e. The summed E-state index contributed by atoms with van der Waals surface area (Å²) in [5.41, 5.74) is -0.0926. The summed E-state index contributed by atoms with van der Waals surface area (Å²) in [6.07, 6.45) is 1.40. The van der Waals surface area contributed by atoms with Gasteiger partial charge >= 0.3 is 5.97 Å². The van der Waals surface area contributed by atoms with E-state index in [2.05, 4.69) is 15.6 Å². The van der Waals surface area contributed by atoms with E-state index in [9.17, 15) is 9.59 Å². The lowest BCUT2D eigenvalue weighted by Crippen LogP contribution is -2.24. The van der Waals surface area contributed by atoms with Gasteiger partial charge in [0.15, 0.2) is 5.76 Å². The van der Waals surface area contributed by atoms with Crippen LogP contribution in [0.3, 0.4) is 0 Å². The Balaban J connectivity index is 2.48. The lowest BCUT2D eigenvalue weighted by atomic mass is 10.2. The molecule has 0 bridgehead atoms. The van der Waals surface area contributed by atoms with Crippen molar-refractivity contribution in [3.8, 4) is 11.5 Å². The molecule has 94 valence electrons. The van der Waals surface area contributed by atoms with Crippen molar-refractivity contribution in [2.24, 2.45) is 0 Å². The standard InChI is InChI=1S/C10H10N4O4/c1-11-7(15)5-14-9(6-3-2-4-18-6)8(10(16)17)12-13-14/h2-4H,5H2,1H3,(H,11,15)(H,16,17). The molecule has 2 N–H and O–H groups in total. The van der Waals surface area contributed by atoms with E-state index >= 15 is 0 Å². The van der Waals surface area contributed by atoms with Gasteiger partial charge in [-0.2, -0.15) is 0 Å². The second kappa shape index (κ2) is 4.70. The van der Waals surface area contributed by atoms with Gasteiger partial charge in [0.05, 0.1) is 6.26 Å². The van der Waals surface area contributed by atoms with Crippen LogP contribution in [0, 0.1) is 0 Å². The van der Waals surface area contributed by atoms with Gasteiger partial charge in [0.25, 0.3) is 0 Å².